The van der Waals surface area contributed by atoms with E-state index in [9.17, 15) is 9.59 Å². The van der Waals surface area contributed by atoms with Crippen LogP contribution in [0.15, 0.2) is 36.4 Å². The summed E-state index contributed by atoms with van der Waals surface area (Å²) in [6.45, 7) is 8.20. The van der Waals surface area contributed by atoms with Crippen LogP contribution in [0.5, 0.6) is 5.75 Å². The minimum atomic E-state index is -0.632. The number of halogens is 2. The summed E-state index contributed by atoms with van der Waals surface area (Å²) in [5, 5.41) is 3.76. The van der Waals surface area contributed by atoms with Crippen molar-refractivity contribution in [3.8, 4) is 5.75 Å². The molecule has 0 fully saturated rings. The molecule has 5 nitrogen and oxygen atoms in total. The third kappa shape index (κ3) is 6.38. The Morgan fingerprint density at radius 2 is 1.80 bits per heavy atom. The third-order valence-electron chi connectivity index (χ3n) is 4.93. The SMILES string of the molecule is CCNC(=O)C(CC)N(Cc1ccc(Cl)cc1Cl)C(=O)COc1ccc(C)c(C)c1. The summed E-state index contributed by atoms with van der Waals surface area (Å²) in [5.74, 6) is 0.115. The second-order valence-corrected chi connectivity index (χ2v) is 7.95. The number of likely N-dealkylation sites (N-methyl/N-ethyl adjacent to an activating group) is 1. The van der Waals surface area contributed by atoms with Crippen LogP contribution in [0.4, 0.5) is 0 Å². The van der Waals surface area contributed by atoms with Gasteiger partial charge < -0.3 is 15.0 Å². The topological polar surface area (TPSA) is 58.6 Å². The summed E-state index contributed by atoms with van der Waals surface area (Å²) in [5.41, 5.74) is 2.94. The molecule has 0 bridgehead atoms. The first kappa shape index (κ1) is 24.0. The Kier molecular flexibility index (Phi) is 9.00. The number of ether oxygens (including phenoxy) is 1. The molecule has 0 heterocycles. The van der Waals surface area contributed by atoms with E-state index in [4.69, 9.17) is 27.9 Å². The second-order valence-electron chi connectivity index (χ2n) is 7.11. The number of nitrogens with one attached hydrogen (secondary N) is 1. The van der Waals surface area contributed by atoms with Crippen molar-refractivity contribution in [2.75, 3.05) is 13.2 Å². The molecule has 162 valence electrons. The lowest BCUT2D eigenvalue weighted by molar-refractivity contribution is -0.142. The first-order valence-electron chi connectivity index (χ1n) is 9.97. The standard InChI is InChI=1S/C23H28Cl2N2O3/c1-5-21(23(29)26-6-2)27(13-17-8-9-18(24)12-20(17)25)22(28)14-30-19-10-7-15(3)16(4)11-19/h7-12,21H,5-6,13-14H2,1-4H3,(H,26,29). The number of hydrogen-bond acceptors (Lipinski definition) is 3. The lowest BCUT2D eigenvalue weighted by atomic mass is 10.1. The van der Waals surface area contributed by atoms with Crippen LogP contribution in [-0.2, 0) is 16.1 Å². The maximum absolute atomic E-state index is 13.1. The highest BCUT2D eigenvalue weighted by Crippen LogP contribution is 2.24. The number of benzene rings is 2. The van der Waals surface area contributed by atoms with Gasteiger partial charge >= 0.3 is 0 Å². The number of hydrogen-bond donors (Lipinski definition) is 1. The summed E-state index contributed by atoms with van der Waals surface area (Å²) in [6.07, 6.45) is 0.465. The number of amides is 2. The van der Waals surface area contributed by atoms with Gasteiger partial charge in [-0.3, -0.25) is 9.59 Å². The summed E-state index contributed by atoms with van der Waals surface area (Å²) >= 11 is 12.3. The molecule has 0 saturated heterocycles. The zero-order valence-corrected chi connectivity index (χ0v) is 19.3. The van der Waals surface area contributed by atoms with E-state index in [1.165, 1.54) is 4.90 Å². The predicted molar refractivity (Wildman–Crippen MR) is 121 cm³/mol. The zero-order chi connectivity index (χ0) is 22.3. The third-order valence-corrected chi connectivity index (χ3v) is 5.52. The molecule has 0 saturated carbocycles. The average molecular weight is 451 g/mol. The molecule has 7 heteroatoms. The van der Waals surface area contributed by atoms with E-state index in [2.05, 4.69) is 5.32 Å². The molecular weight excluding hydrogens is 423 g/mol. The van der Waals surface area contributed by atoms with Gasteiger partial charge in [0.25, 0.3) is 5.91 Å². The van der Waals surface area contributed by atoms with Gasteiger partial charge in [-0.25, -0.2) is 0 Å². The van der Waals surface area contributed by atoms with Crippen LogP contribution in [-0.4, -0.2) is 35.9 Å². The van der Waals surface area contributed by atoms with Crippen LogP contribution >= 0.6 is 23.2 Å². The molecule has 0 aliphatic carbocycles. The highest BCUT2D eigenvalue weighted by Gasteiger charge is 2.29. The summed E-state index contributed by atoms with van der Waals surface area (Å²) in [6, 6.07) is 10.1. The van der Waals surface area contributed by atoms with Gasteiger partial charge in [0.15, 0.2) is 6.61 Å². The van der Waals surface area contributed by atoms with Crippen molar-refractivity contribution in [3.05, 3.63) is 63.1 Å². The van der Waals surface area contributed by atoms with Crippen molar-refractivity contribution >= 4 is 35.0 Å². The van der Waals surface area contributed by atoms with E-state index in [0.717, 1.165) is 11.1 Å². The average Bonchev–Trinajstić information content (AvgIpc) is 2.70. The van der Waals surface area contributed by atoms with Crippen LogP contribution < -0.4 is 10.1 Å². The van der Waals surface area contributed by atoms with Crippen LogP contribution in [0.1, 0.15) is 37.0 Å². The summed E-state index contributed by atoms with van der Waals surface area (Å²) < 4.78 is 5.73. The van der Waals surface area contributed by atoms with Crippen molar-refractivity contribution in [2.24, 2.45) is 0 Å². The van der Waals surface area contributed by atoms with Crippen molar-refractivity contribution < 1.29 is 14.3 Å². The van der Waals surface area contributed by atoms with Gasteiger partial charge in [-0.15, -0.1) is 0 Å². The molecule has 0 radical (unpaired) electrons. The maximum atomic E-state index is 13.1. The van der Waals surface area contributed by atoms with E-state index < -0.39 is 6.04 Å². The molecule has 0 aliphatic rings. The fraction of sp³-hybridized carbons (Fsp3) is 0.391. The zero-order valence-electron chi connectivity index (χ0n) is 17.8. The molecule has 0 aliphatic heterocycles. The van der Waals surface area contributed by atoms with Crippen molar-refractivity contribution in [1.29, 1.82) is 0 Å². The minimum Gasteiger partial charge on any atom is -0.484 e. The quantitative estimate of drug-likeness (QED) is 0.588. The van der Waals surface area contributed by atoms with Gasteiger partial charge in [-0.05, 0) is 68.1 Å². The van der Waals surface area contributed by atoms with E-state index in [1.54, 1.807) is 18.2 Å². The smallest absolute Gasteiger partial charge is 0.261 e. The molecular formula is C23H28Cl2N2O3. The molecule has 0 spiro atoms. The Morgan fingerprint density at radius 3 is 2.40 bits per heavy atom. The normalized spacial score (nSPS) is 11.7. The number of rotatable bonds is 9. The van der Waals surface area contributed by atoms with Gasteiger partial charge in [-0.2, -0.15) is 0 Å². The molecule has 30 heavy (non-hydrogen) atoms. The highest BCUT2D eigenvalue weighted by atomic mass is 35.5. The molecule has 1 N–H and O–H groups in total. The monoisotopic (exact) mass is 450 g/mol. The molecule has 2 aromatic rings. The number of aryl methyl sites for hydroxylation is 2. The lowest BCUT2D eigenvalue weighted by Gasteiger charge is -2.30. The van der Waals surface area contributed by atoms with E-state index in [0.29, 0.717) is 34.3 Å². The number of nitrogens with zero attached hydrogens (tertiary/aromatic N) is 1. The Hall–Kier alpha value is -2.24. The molecule has 2 aromatic carbocycles. The maximum Gasteiger partial charge on any atom is 0.261 e. The number of carbonyl (C=O) groups excluding carboxylic acids is 2. The number of carbonyl (C=O) groups is 2. The largest absolute Gasteiger partial charge is 0.484 e. The highest BCUT2D eigenvalue weighted by molar-refractivity contribution is 6.35. The van der Waals surface area contributed by atoms with Crippen molar-refractivity contribution in [2.45, 2.75) is 46.7 Å². The van der Waals surface area contributed by atoms with Crippen LogP contribution in [0.3, 0.4) is 0 Å². The molecule has 0 aromatic heterocycles. The van der Waals surface area contributed by atoms with Crippen molar-refractivity contribution in [1.82, 2.24) is 10.2 Å². The minimum absolute atomic E-state index is 0.177. The summed E-state index contributed by atoms with van der Waals surface area (Å²) in [7, 11) is 0. The Balaban J connectivity index is 2.24. The van der Waals surface area contributed by atoms with Gasteiger partial charge in [0.1, 0.15) is 11.8 Å². The van der Waals surface area contributed by atoms with Gasteiger partial charge in [0.2, 0.25) is 5.91 Å². The summed E-state index contributed by atoms with van der Waals surface area (Å²) in [4.78, 5) is 27.2. The second kappa shape index (κ2) is 11.2. The lowest BCUT2D eigenvalue weighted by Crippen LogP contribution is -2.50. The van der Waals surface area contributed by atoms with Crippen LogP contribution in [0.2, 0.25) is 10.0 Å². The van der Waals surface area contributed by atoms with Gasteiger partial charge in [0, 0.05) is 23.1 Å². The first-order valence-corrected chi connectivity index (χ1v) is 10.7. The fourth-order valence-electron chi connectivity index (χ4n) is 3.08. The molecule has 2 rings (SSSR count). The van der Waals surface area contributed by atoms with E-state index in [1.807, 2.05) is 45.9 Å². The Bertz CT molecular complexity index is 902. The molecule has 1 atom stereocenters. The van der Waals surface area contributed by atoms with Gasteiger partial charge in [-0.1, -0.05) is 42.3 Å². The first-order chi connectivity index (χ1) is 14.3. The van der Waals surface area contributed by atoms with Crippen LogP contribution in [0.25, 0.3) is 0 Å². The Labute approximate surface area is 188 Å². The van der Waals surface area contributed by atoms with Gasteiger partial charge in [0.05, 0.1) is 0 Å². The fourth-order valence-corrected chi connectivity index (χ4v) is 3.54. The van der Waals surface area contributed by atoms with E-state index >= 15 is 0 Å². The van der Waals surface area contributed by atoms with E-state index in [-0.39, 0.29) is 25.0 Å². The Morgan fingerprint density at radius 1 is 1.07 bits per heavy atom. The molecule has 2 amide bonds. The predicted octanol–water partition coefficient (Wildman–Crippen LogP) is 4.93. The van der Waals surface area contributed by atoms with Crippen LogP contribution in [0, 0.1) is 13.8 Å². The molecule has 1 unspecified atom stereocenters. The van der Waals surface area contributed by atoms with Crippen molar-refractivity contribution in [3.63, 3.8) is 0 Å².